The largest absolute Gasteiger partial charge is 0.492 e. The molecule has 1 aromatic heterocycles. The number of hydrogen-bond donors (Lipinski definition) is 4. The first kappa shape index (κ1) is 22.3. The second-order valence-electron chi connectivity index (χ2n) is 7.25. The summed E-state index contributed by atoms with van der Waals surface area (Å²) < 4.78 is 5.78. The lowest BCUT2D eigenvalue weighted by molar-refractivity contribution is 0.0695. The van der Waals surface area contributed by atoms with Gasteiger partial charge in [-0.2, -0.15) is 0 Å². The molecule has 1 fully saturated rings. The molecule has 5 N–H and O–H groups in total. The highest BCUT2D eigenvalue weighted by Gasteiger charge is 2.26. The number of likely N-dealkylation sites (N-methyl/N-ethyl adjacent to an activating group) is 1. The van der Waals surface area contributed by atoms with Crippen molar-refractivity contribution >= 4 is 17.8 Å². The molecule has 2 aromatic rings. The van der Waals surface area contributed by atoms with Gasteiger partial charge in [-0.3, -0.25) is 9.69 Å². The Morgan fingerprint density at radius 2 is 1.61 bits per heavy atom. The third kappa shape index (κ3) is 5.04. The van der Waals surface area contributed by atoms with Crippen LogP contribution >= 0.6 is 0 Å². The molecule has 0 radical (unpaired) electrons. The summed E-state index contributed by atoms with van der Waals surface area (Å²) in [4.78, 5) is 42.2. The number of nitrogen functional groups attached to an aromatic ring is 1. The van der Waals surface area contributed by atoms with Crippen molar-refractivity contribution in [2.24, 2.45) is 0 Å². The van der Waals surface area contributed by atoms with Crippen LogP contribution < -0.4 is 16.0 Å². The van der Waals surface area contributed by atoms with E-state index < -0.39 is 34.4 Å². The van der Waals surface area contributed by atoms with Crippen molar-refractivity contribution in [3.8, 4) is 16.9 Å². The molecular formula is C21H26N4O6. The van der Waals surface area contributed by atoms with Gasteiger partial charge in [-0.25, -0.2) is 9.59 Å². The van der Waals surface area contributed by atoms with E-state index in [-0.39, 0.29) is 11.1 Å². The number of hydrogen-bond acceptors (Lipinski definition) is 7. The van der Waals surface area contributed by atoms with E-state index in [1.54, 1.807) is 12.1 Å². The van der Waals surface area contributed by atoms with E-state index in [4.69, 9.17) is 10.5 Å². The van der Waals surface area contributed by atoms with Crippen LogP contribution in [0.2, 0.25) is 0 Å². The molecule has 1 aliphatic heterocycles. The van der Waals surface area contributed by atoms with Gasteiger partial charge in [0.15, 0.2) is 0 Å². The number of rotatable bonds is 8. The molecule has 0 unspecified atom stereocenters. The first-order chi connectivity index (χ1) is 14.8. The smallest absolute Gasteiger partial charge is 0.342 e. The highest BCUT2D eigenvalue weighted by molar-refractivity contribution is 6.07. The third-order valence-corrected chi connectivity index (χ3v) is 5.40. The number of aromatic carboxylic acids is 2. The Hall–Kier alpha value is -3.37. The molecule has 166 valence electrons. The maximum absolute atomic E-state index is 12.1. The predicted octanol–water partition coefficient (Wildman–Crippen LogP) is 1.04. The number of H-pyrrole nitrogens is 1. The fourth-order valence-corrected chi connectivity index (χ4v) is 3.67. The molecule has 1 aliphatic rings. The van der Waals surface area contributed by atoms with E-state index >= 15 is 0 Å². The zero-order valence-electron chi connectivity index (χ0n) is 17.3. The van der Waals surface area contributed by atoms with Gasteiger partial charge in [-0.05, 0) is 24.2 Å². The minimum atomic E-state index is -1.54. The Labute approximate surface area is 178 Å². The highest BCUT2D eigenvalue weighted by atomic mass is 16.5. The third-order valence-electron chi connectivity index (χ3n) is 5.40. The van der Waals surface area contributed by atoms with Gasteiger partial charge < -0.3 is 30.6 Å². The number of carbonyl (C=O) groups is 2. The average Bonchev–Trinajstić information content (AvgIpc) is 2.73. The molecule has 0 bridgehead atoms. The van der Waals surface area contributed by atoms with Crippen LogP contribution in [0.25, 0.3) is 11.1 Å². The number of benzene rings is 1. The number of carboxylic acids is 2. The van der Waals surface area contributed by atoms with Gasteiger partial charge >= 0.3 is 11.9 Å². The van der Waals surface area contributed by atoms with Crippen LogP contribution in [0.3, 0.4) is 0 Å². The summed E-state index contributed by atoms with van der Waals surface area (Å²) in [5.41, 5.74) is 3.56. The second-order valence-corrected chi connectivity index (χ2v) is 7.25. The molecular weight excluding hydrogens is 404 g/mol. The Bertz CT molecular complexity index is 1010. The monoisotopic (exact) mass is 430 g/mol. The number of pyridine rings is 1. The van der Waals surface area contributed by atoms with E-state index in [9.17, 15) is 24.6 Å². The summed E-state index contributed by atoms with van der Waals surface area (Å²) >= 11 is 0. The SMILES string of the molecule is CCN1CCN(CCOc2ccc(-c3c(C(=O)O)c(N)[nH]c(=O)c3C(=O)O)cc2)CC1. The van der Waals surface area contributed by atoms with Gasteiger partial charge in [0, 0.05) is 38.3 Å². The van der Waals surface area contributed by atoms with Crippen molar-refractivity contribution in [2.45, 2.75) is 6.92 Å². The number of nitrogens with two attached hydrogens (primary N) is 1. The van der Waals surface area contributed by atoms with Crippen LogP contribution in [-0.4, -0.2) is 82.8 Å². The van der Waals surface area contributed by atoms with E-state index in [1.165, 1.54) is 12.1 Å². The zero-order chi connectivity index (χ0) is 22.5. The van der Waals surface area contributed by atoms with Crippen molar-refractivity contribution in [1.82, 2.24) is 14.8 Å². The van der Waals surface area contributed by atoms with Gasteiger partial charge in [0.1, 0.15) is 29.3 Å². The lowest BCUT2D eigenvalue weighted by Crippen LogP contribution is -2.47. The summed E-state index contributed by atoms with van der Waals surface area (Å²) in [6.07, 6.45) is 0. The van der Waals surface area contributed by atoms with Crippen LogP contribution in [0.1, 0.15) is 27.6 Å². The lowest BCUT2D eigenvalue weighted by atomic mass is 9.95. The predicted molar refractivity (Wildman–Crippen MR) is 115 cm³/mol. The van der Waals surface area contributed by atoms with E-state index in [0.29, 0.717) is 12.4 Å². The first-order valence-electron chi connectivity index (χ1n) is 10.0. The quantitative estimate of drug-likeness (QED) is 0.482. The summed E-state index contributed by atoms with van der Waals surface area (Å²) in [6, 6.07) is 6.25. The fourth-order valence-electron chi connectivity index (χ4n) is 3.67. The van der Waals surface area contributed by atoms with Gasteiger partial charge in [0.25, 0.3) is 5.56 Å². The molecule has 1 aromatic carbocycles. The van der Waals surface area contributed by atoms with Crippen LogP contribution in [-0.2, 0) is 0 Å². The molecule has 0 amide bonds. The zero-order valence-corrected chi connectivity index (χ0v) is 17.3. The van der Waals surface area contributed by atoms with Crippen molar-refractivity contribution in [3.05, 3.63) is 45.7 Å². The van der Waals surface area contributed by atoms with Crippen molar-refractivity contribution < 1.29 is 24.5 Å². The van der Waals surface area contributed by atoms with Crippen molar-refractivity contribution in [2.75, 3.05) is 51.6 Å². The summed E-state index contributed by atoms with van der Waals surface area (Å²) in [7, 11) is 0. The molecule has 3 rings (SSSR count). The molecule has 31 heavy (non-hydrogen) atoms. The Balaban J connectivity index is 1.75. The molecule has 0 atom stereocenters. The number of aromatic nitrogens is 1. The number of piperazine rings is 1. The number of ether oxygens (including phenoxy) is 1. The number of nitrogens with one attached hydrogen (secondary N) is 1. The number of carboxylic acid groups (broad SMARTS) is 2. The molecule has 2 heterocycles. The second kappa shape index (κ2) is 9.63. The summed E-state index contributed by atoms with van der Waals surface area (Å²) in [5, 5.41) is 18.9. The van der Waals surface area contributed by atoms with Gasteiger partial charge in [0.05, 0.1) is 0 Å². The van der Waals surface area contributed by atoms with E-state index in [1.807, 2.05) is 0 Å². The van der Waals surface area contributed by atoms with E-state index in [2.05, 4.69) is 21.7 Å². The van der Waals surface area contributed by atoms with Crippen LogP contribution in [0.4, 0.5) is 5.82 Å². The number of aromatic amines is 1. The number of nitrogens with zero attached hydrogens (tertiary/aromatic N) is 2. The molecule has 10 heteroatoms. The number of anilines is 1. The maximum Gasteiger partial charge on any atom is 0.342 e. The standard InChI is InChI=1S/C21H26N4O6/c1-2-24-7-9-25(10-8-24)11-12-31-14-5-3-13(4-6-14)15-16(20(27)28)18(22)23-19(26)17(15)21(29)30/h3-6H,2,7-12H2,1H3,(H,27,28)(H,29,30)(H3,22,23,26). The fraction of sp³-hybridized carbons (Fsp3) is 0.381. The van der Waals surface area contributed by atoms with Crippen LogP contribution in [0.5, 0.6) is 5.75 Å². The molecule has 0 aliphatic carbocycles. The van der Waals surface area contributed by atoms with Crippen LogP contribution in [0.15, 0.2) is 29.1 Å². The Morgan fingerprint density at radius 3 is 2.16 bits per heavy atom. The van der Waals surface area contributed by atoms with Gasteiger partial charge in [-0.1, -0.05) is 19.1 Å². The van der Waals surface area contributed by atoms with Crippen molar-refractivity contribution in [3.63, 3.8) is 0 Å². The normalized spacial score (nSPS) is 15.0. The molecule has 0 spiro atoms. The minimum absolute atomic E-state index is 0.235. The Kier molecular flexibility index (Phi) is 6.93. The average molecular weight is 430 g/mol. The van der Waals surface area contributed by atoms with Crippen molar-refractivity contribution in [1.29, 1.82) is 0 Å². The first-order valence-corrected chi connectivity index (χ1v) is 10.0. The molecule has 10 nitrogen and oxygen atoms in total. The maximum atomic E-state index is 12.1. The van der Waals surface area contributed by atoms with Gasteiger partial charge in [-0.15, -0.1) is 0 Å². The topological polar surface area (TPSA) is 149 Å². The highest BCUT2D eigenvalue weighted by Crippen LogP contribution is 2.30. The van der Waals surface area contributed by atoms with Gasteiger partial charge in [0.2, 0.25) is 0 Å². The van der Waals surface area contributed by atoms with Crippen LogP contribution in [0, 0.1) is 0 Å². The Morgan fingerprint density at radius 1 is 1.03 bits per heavy atom. The molecule has 0 saturated carbocycles. The summed E-state index contributed by atoms with van der Waals surface area (Å²) in [5.74, 6) is -2.82. The van der Waals surface area contributed by atoms with E-state index in [0.717, 1.165) is 39.3 Å². The summed E-state index contributed by atoms with van der Waals surface area (Å²) in [6.45, 7) is 8.57. The molecule has 1 saturated heterocycles. The lowest BCUT2D eigenvalue weighted by Gasteiger charge is -2.33. The minimum Gasteiger partial charge on any atom is -0.492 e.